The summed E-state index contributed by atoms with van der Waals surface area (Å²) < 4.78 is 0. The predicted molar refractivity (Wildman–Crippen MR) is 86.2 cm³/mol. The van der Waals surface area contributed by atoms with Gasteiger partial charge in [-0.2, -0.15) is 0 Å². The van der Waals surface area contributed by atoms with E-state index in [2.05, 4.69) is 10.3 Å². The number of carboxylic acid groups (broad SMARTS) is 1. The average molecular weight is 310 g/mol. The Morgan fingerprint density at radius 1 is 1.26 bits per heavy atom. The monoisotopic (exact) mass is 310 g/mol. The van der Waals surface area contributed by atoms with Crippen molar-refractivity contribution in [3.63, 3.8) is 0 Å². The second-order valence-corrected chi connectivity index (χ2v) is 5.99. The Hall–Kier alpha value is -2.69. The minimum Gasteiger partial charge on any atom is -0.480 e. The highest BCUT2D eigenvalue weighted by Gasteiger charge is 2.57. The molecule has 0 radical (unpaired) electrons. The SMILES string of the molecule is Cc1ccc(Cc2ccccn2)cc1NC(=O)C1(C(=O)O)CC1. The minimum atomic E-state index is -1.23. The number of carboxylic acids is 1. The molecule has 1 aromatic heterocycles. The first kappa shape index (κ1) is 15.2. The van der Waals surface area contributed by atoms with E-state index in [9.17, 15) is 14.7 Å². The van der Waals surface area contributed by atoms with E-state index in [1.165, 1.54) is 0 Å². The van der Waals surface area contributed by atoms with Crippen molar-refractivity contribution in [1.29, 1.82) is 0 Å². The smallest absolute Gasteiger partial charge is 0.319 e. The van der Waals surface area contributed by atoms with Crippen molar-refractivity contribution in [2.45, 2.75) is 26.2 Å². The minimum absolute atomic E-state index is 0.404. The van der Waals surface area contributed by atoms with Gasteiger partial charge in [0.2, 0.25) is 5.91 Å². The number of amides is 1. The Morgan fingerprint density at radius 3 is 2.65 bits per heavy atom. The van der Waals surface area contributed by atoms with Crippen LogP contribution in [0.5, 0.6) is 0 Å². The molecule has 0 aliphatic heterocycles. The topological polar surface area (TPSA) is 79.3 Å². The highest BCUT2D eigenvalue weighted by molar-refractivity contribution is 6.11. The van der Waals surface area contributed by atoms with Crippen LogP contribution in [-0.4, -0.2) is 22.0 Å². The number of hydrogen-bond donors (Lipinski definition) is 2. The number of carbonyl (C=O) groups excluding carboxylic acids is 1. The van der Waals surface area contributed by atoms with Crippen molar-refractivity contribution < 1.29 is 14.7 Å². The zero-order valence-corrected chi connectivity index (χ0v) is 12.9. The van der Waals surface area contributed by atoms with Crippen LogP contribution in [0.2, 0.25) is 0 Å². The van der Waals surface area contributed by atoms with Gasteiger partial charge in [-0.15, -0.1) is 0 Å². The number of aliphatic carboxylic acids is 1. The zero-order chi connectivity index (χ0) is 16.4. The van der Waals surface area contributed by atoms with E-state index in [-0.39, 0.29) is 0 Å². The number of nitrogens with zero attached hydrogens (tertiary/aromatic N) is 1. The van der Waals surface area contributed by atoms with Gasteiger partial charge in [0.05, 0.1) is 0 Å². The lowest BCUT2D eigenvalue weighted by Crippen LogP contribution is -2.31. The molecule has 1 fully saturated rings. The molecule has 1 heterocycles. The number of hydrogen-bond acceptors (Lipinski definition) is 3. The predicted octanol–water partition coefficient (Wildman–Crippen LogP) is 2.78. The second kappa shape index (κ2) is 5.83. The molecule has 3 rings (SSSR count). The van der Waals surface area contributed by atoms with Crippen molar-refractivity contribution in [1.82, 2.24) is 4.98 Å². The first-order chi connectivity index (χ1) is 11.0. The normalized spacial score (nSPS) is 15.0. The van der Waals surface area contributed by atoms with E-state index >= 15 is 0 Å². The van der Waals surface area contributed by atoms with Crippen molar-refractivity contribution in [3.05, 3.63) is 59.4 Å². The van der Waals surface area contributed by atoms with Crippen LogP contribution in [0.25, 0.3) is 0 Å². The number of nitrogens with one attached hydrogen (secondary N) is 1. The molecule has 5 heteroatoms. The molecule has 23 heavy (non-hydrogen) atoms. The van der Waals surface area contributed by atoms with Gasteiger partial charge in [0.25, 0.3) is 0 Å². The van der Waals surface area contributed by atoms with Gasteiger partial charge in [0.15, 0.2) is 0 Å². The van der Waals surface area contributed by atoms with Crippen LogP contribution in [-0.2, 0) is 16.0 Å². The largest absolute Gasteiger partial charge is 0.480 e. The lowest BCUT2D eigenvalue weighted by Gasteiger charge is -2.14. The maximum absolute atomic E-state index is 12.3. The highest BCUT2D eigenvalue weighted by atomic mass is 16.4. The van der Waals surface area contributed by atoms with Gasteiger partial charge in [-0.25, -0.2) is 0 Å². The highest BCUT2D eigenvalue weighted by Crippen LogP contribution is 2.46. The first-order valence-corrected chi connectivity index (χ1v) is 7.55. The molecule has 5 nitrogen and oxygen atoms in total. The van der Waals surface area contributed by atoms with E-state index in [1.807, 2.05) is 43.3 Å². The Kier molecular flexibility index (Phi) is 3.86. The van der Waals surface area contributed by atoms with Crippen molar-refractivity contribution in [2.75, 3.05) is 5.32 Å². The Labute approximate surface area is 134 Å². The van der Waals surface area contributed by atoms with Gasteiger partial charge in [0.1, 0.15) is 5.41 Å². The second-order valence-electron chi connectivity index (χ2n) is 5.99. The third-order valence-corrected chi connectivity index (χ3v) is 4.26. The van der Waals surface area contributed by atoms with Crippen LogP contribution in [0, 0.1) is 12.3 Å². The molecule has 0 atom stereocenters. The number of pyridine rings is 1. The van der Waals surface area contributed by atoms with Crippen molar-refractivity contribution in [2.24, 2.45) is 5.41 Å². The van der Waals surface area contributed by atoms with Gasteiger partial charge in [-0.3, -0.25) is 14.6 Å². The number of benzene rings is 1. The standard InChI is InChI=1S/C18H18N2O3/c1-12-5-6-13(10-14-4-2-3-9-19-14)11-15(12)20-16(21)18(7-8-18)17(22)23/h2-6,9,11H,7-8,10H2,1H3,(H,20,21)(H,22,23). The van der Waals surface area contributed by atoms with E-state index < -0.39 is 17.3 Å². The zero-order valence-electron chi connectivity index (χ0n) is 12.9. The summed E-state index contributed by atoms with van der Waals surface area (Å²) in [5, 5.41) is 12.0. The molecule has 118 valence electrons. The van der Waals surface area contributed by atoms with Crippen molar-refractivity contribution in [3.8, 4) is 0 Å². The average Bonchev–Trinajstić information content (AvgIpc) is 3.33. The van der Waals surface area contributed by atoms with Crippen LogP contribution in [0.3, 0.4) is 0 Å². The molecule has 2 aromatic rings. The quantitative estimate of drug-likeness (QED) is 0.832. The number of rotatable bonds is 5. The molecule has 1 aliphatic carbocycles. The summed E-state index contributed by atoms with van der Waals surface area (Å²) in [6.45, 7) is 1.89. The molecule has 1 aromatic carbocycles. The third-order valence-electron chi connectivity index (χ3n) is 4.26. The summed E-state index contributed by atoms with van der Waals surface area (Å²) in [6, 6.07) is 11.5. The molecule has 1 saturated carbocycles. The lowest BCUT2D eigenvalue weighted by atomic mass is 10.0. The molecular formula is C18H18N2O3. The molecule has 1 amide bonds. The van der Waals surface area contributed by atoms with Gasteiger partial charge in [-0.05, 0) is 49.1 Å². The van der Waals surface area contributed by atoms with Crippen LogP contribution in [0.4, 0.5) is 5.69 Å². The summed E-state index contributed by atoms with van der Waals surface area (Å²) in [6.07, 6.45) is 3.21. The maximum atomic E-state index is 12.3. The Balaban J connectivity index is 1.78. The number of carbonyl (C=O) groups is 2. The first-order valence-electron chi connectivity index (χ1n) is 7.55. The van der Waals surface area contributed by atoms with Gasteiger partial charge < -0.3 is 10.4 Å². The van der Waals surface area contributed by atoms with Crippen molar-refractivity contribution >= 4 is 17.6 Å². The lowest BCUT2D eigenvalue weighted by molar-refractivity contribution is -0.147. The molecule has 2 N–H and O–H groups in total. The molecule has 0 bridgehead atoms. The Bertz CT molecular complexity index is 752. The van der Waals surface area contributed by atoms with Gasteiger partial charge in [-0.1, -0.05) is 18.2 Å². The summed E-state index contributed by atoms with van der Waals surface area (Å²) in [5.74, 6) is -1.47. The van der Waals surface area contributed by atoms with Crippen LogP contribution >= 0.6 is 0 Å². The fourth-order valence-electron chi connectivity index (χ4n) is 2.53. The van der Waals surface area contributed by atoms with Gasteiger partial charge >= 0.3 is 5.97 Å². The summed E-state index contributed by atoms with van der Waals surface area (Å²) in [5.41, 5.74) is 2.30. The molecule has 1 aliphatic rings. The van der Waals surface area contributed by atoms with E-state index in [1.54, 1.807) is 6.20 Å². The van der Waals surface area contributed by atoms with E-state index in [0.717, 1.165) is 16.8 Å². The van der Waals surface area contributed by atoms with Crippen LogP contribution in [0.15, 0.2) is 42.6 Å². The van der Waals surface area contributed by atoms with Crippen LogP contribution in [0.1, 0.15) is 29.7 Å². The maximum Gasteiger partial charge on any atom is 0.319 e. The third kappa shape index (κ3) is 3.08. The fourth-order valence-corrected chi connectivity index (χ4v) is 2.53. The number of anilines is 1. The molecule has 0 spiro atoms. The van der Waals surface area contributed by atoms with E-state index in [4.69, 9.17) is 0 Å². The fraction of sp³-hybridized carbons (Fsp3) is 0.278. The Morgan fingerprint density at radius 2 is 2.04 bits per heavy atom. The summed E-state index contributed by atoms with van der Waals surface area (Å²) in [7, 11) is 0. The van der Waals surface area contributed by atoms with E-state index in [0.29, 0.717) is 24.9 Å². The summed E-state index contributed by atoms with van der Waals surface area (Å²) >= 11 is 0. The molecule has 0 unspecified atom stereocenters. The van der Waals surface area contributed by atoms with Gasteiger partial charge in [0, 0.05) is 24.0 Å². The molecule has 0 saturated heterocycles. The number of aryl methyl sites for hydroxylation is 1. The van der Waals surface area contributed by atoms with Crippen LogP contribution < -0.4 is 5.32 Å². The molecular weight excluding hydrogens is 292 g/mol. The summed E-state index contributed by atoms with van der Waals surface area (Å²) in [4.78, 5) is 27.8. The number of aromatic nitrogens is 1.